The molecule has 5 rings (SSSR count). The van der Waals surface area contributed by atoms with Crippen LogP contribution in [0.25, 0.3) is 22.3 Å². The molecule has 1 aromatic heterocycles. The van der Waals surface area contributed by atoms with Gasteiger partial charge in [-0.25, -0.2) is 0 Å². The van der Waals surface area contributed by atoms with Crippen LogP contribution in [0.15, 0.2) is 100 Å². The van der Waals surface area contributed by atoms with Gasteiger partial charge in [-0.2, -0.15) is 13.2 Å². The van der Waals surface area contributed by atoms with E-state index in [9.17, 15) is 18.0 Å². The highest BCUT2D eigenvalue weighted by Crippen LogP contribution is 2.37. The Morgan fingerprint density at radius 1 is 0.676 bits per heavy atom. The first kappa shape index (κ1) is 23.8. The van der Waals surface area contributed by atoms with Crippen LogP contribution in [0.5, 0.6) is 23.0 Å². The minimum absolute atomic E-state index is 0.0183. The average Bonchev–Trinajstić information content (AvgIpc) is 2.88. The lowest BCUT2D eigenvalue weighted by atomic mass is 10.1. The van der Waals surface area contributed by atoms with Crippen LogP contribution in [0.1, 0.15) is 5.56 Å². The zero-order valence-electron chi connectivity index (χ0n) is 19.1. The first-order valence-corrected chi connectivity index (χ1v) is 11.0. The second-order valence-electron chi connectivity index (χ2n) is 8.16. The molecule has 0 aliphatic heterocycles. The van der Waals surface area contributed by atoms with Crippen LogP contribution in [0.4, 0.5) is 24.5 Å². The Morgan fingerprint density at radius 2 is 1.22 bits per heavy atom. The largest absolute Gasteiger partial charge is 0.457 e. The fourth-order valence-electron chi connectivity index (χ4n) is 3.64. The molecule has 0 amide bonds. The van der Waals surface area contributed by atoms with E-state index in [1.807, 2.05) is 0 Å². The molecule has 0 unspecified atom stereocenters. The molecule has 0 radical (unpaired) electrons. The average molecular weight is 504 g/mol. The molecular formula is C28H19F3N2O4. The Hall–Kier alpha value is -4.92. The third kappa shape index (κ3) is 5.06. The third-order valence-corrected chi connectivity index (χ3v) is 5.51. The number of nitrogen functional groups attached to an aromatic ring is 2. The van der Waals surface area contributed by atoms with Crippen molar-refractivity contribution in [2.45, 2.75) is 6.18 Å². The highest BCUT2D eigenvalue weighted by atomic mass is 19.4. The van der Waals surface area contributed by atoms with Crippen molar-refractivity contribution in [2.24, 2.45) is 0 Å². The minimum Gasteiger partial charge on any atom is -0.457 e. The molecule has 37 heavy (non-hydrogen) atoms. The van der Waals surface area contributed by atoms with Gasteiger partial charge in [-0.3, -0.25) is 4.79 Å². The maximum Gasteiger partial charge on any atom is 0.416 e. The molecular weight excluding hydrogens is 485 g/mol. The predicted octanol–water partition coefficient (Wildman–Crippen LogP) is 7.23. The van der Waals surface area contributed by atoms with Crippen molar-refractivity contribution in [2.75, 3.05) is 11.5 Å². The molecule has 0 fully saturated rings. The van der Waals surface area contributed by atoms with E-state index in [1.54, 1.807) is 60.7 Å². The summed E-state index contributed by atoms with van der Waals surface area (Å²) in [6.07, 6.45) is -4.51. The molecule has 0 saturated heterocycles. The Bertz CT molecular complexity index is 1630. The summed E-state index contributed by atoms with van der Waals surface area (Å²) in [7, 11) is 0. The lowest BCUT2D eigenvalue weighted by Gasteiger charge is -2.13. The number of anilines is 2. The predicted molar refractivity (Wildman–Crippen MR) is 135 cm³/mol. The second-order valence-corrected chi connectivity index (χ2v) is 8.16. The number of ether oxygens (including phenoxy) is 2. The quantitative estimate of drug-likeness (QED) is 0.245. The third-order valence-electron chi connectivity index (χ3n) is 5.51. The lowest BCUT2D eigenvalue weighted by Crippen LogP contribution is -2.08. The Balaban J connectivity index is 1.63. The fourth-order valence-corrected chi connectivity index (χ4v) is 3.64. The summed E-state index contributed by atoms with van der Waals surface area (Å²) in [5.74, 6) is 0.961. The smallest absolute Gasteiger partial charge is 0.416 e. The van der Waals surface area contributed by atoms with E-state index in [1.165, 1.54) is 18.2 Å². The van der Waals surface area contributed by atoms with Crippen molar-refractivity contribution >= 4 is 22.3 Å². The highest BCUT2D eigenvalue weighted by Gasteiger charge is 2.30. The van der Waals surface area contributed by atoms with Crippen molar-refractivity contribution in [3.05, 3.63) is 107 Å². The van der Waals surface area contributed by atoms with Gasteiger partial charge in [0, 0.05) is 16.9 Å². The summed E-state index contributed by atoms with van der Waals surface area (Å²) in [5, 5.41) is 0.161. The number of benzene rings is 4. The molecule has 6 nitrogen and oxygen atoms in total. The Labute approximate surface area is 208 Å². The number of hydrogen-bond acceptors (Lipinski definition) is 6. The van der Waals surface area contributed by atoms with Crippen molar-refractivity contribution in [3.8, 4) is 34.3 Å². The molecule has 0 spiro atoms. The van der Waals surface area contributed by atoms with Gasteiger partial charge < -0.3 is 25.4 Å². The van der Waals surface area contributed by atoms with Gasteiger partial charge in [0.1, 0.15) is 22.8 Å². The number of alkyl halides is 3. The number of halogens is 3. The molecule has 0 atom stereocenters. The van der Waals surface area contributed by atoms with Crippen LogP contribution in [0.2, 0.25) is 0 Å². The standard InChI is InChI=1S/C28H19F3N2O4/c29-28(30,31)17-3-1-16(2-4-17)26-27(36-21-11-7-19(33)8-12-21)25(34)23-15-22(13-14-24(23)37-26)35-20-9-5-18(32)6-10-20/h1-15H,32-33H2. The first-order valence-electron chi connectivity index (χ1n) is 11.0. The van der Waals surface area contributed by atoms with Crippen molar-refractivity contribution in [3.63, 3.8) is 0 Å². The van der Waals surface area contributed by atoms with Gasteiger partial charge in [-0.05, 0) is 78.9 Å². The summed E-state index contributed by atoms with van der Waals surface area (Å²) in [6.45, 7) is 0. The zero-order valence-corrected chi connectivity index (χ0v) is 19.1. The monoisotopic (exact) mass is 504 g/mol. The number of hydrogen-bond donors (Lipinski definition) is 2. The number of fused-ring (bicyclic) bond motifs is 1. The van der Waals surface area contributed by atoms with Crippen LogP contribution >= 0.6 is 0 Å². The van der Waals surface area contributed by atoms with E-state index in [0.717, 1.165) is 12.1 Å². The van der Waals surface area contributed by atoms with E-state index >= 15 is 0 Å². The van der Waals surface area contributed by atoms with E-state index in [2.05, 4.69) is 0 Å². The molecule has 186 valence electrons. The molecule has 4 aromatic carbocycles. The normalized spacial score (nSPS) is 11.4. The number of rotatable bonds is 5. The summed E-state index contributed by atoms with van der Waals surface area (Å²) in [6, 6.07) is 22.0. The molecule has 0 aliphatic carbocycles. The van der Waals surface area contributed by atoms with Gasteiger partial charge >= 0.3 is 6.18 Å². The summed E-state index contributed by atoms with van der Waals surface area (Å²) < 4.78 is 57.0. The minimum atomic E-state index is -4.51. The van der Waals surface area contributed by atoms with E-state index in [-0.39, 0.29) is 28.0 Å². The maximum atomic E-state index is 13.6. The van der Waals surface area contributed by atoms with Crippen LogP contribution in [0.3, 0.4) is 0 Å². The van der Waals surface area contributed by atoms with Crippen molar-refractivity contribution < 1.29 is 27.1 Å². The van der Waals surface area contributed by atoms with Crippen LogP contribution < -0.4 is 26.4 Å². The van der Waals surface area contributed by atoms with Crippen LogP contribution in [0, 0.1) is 0 Å². The Kier molecular flexibility index (Phi) is 5.96. The van der Waals surface area contributed by atoms with Gasteiger partial charge in [-0.1, -0.05) is 12.1 Å². The van der Waals surface area contributed by atoms with E-state index in [0.29, 0.717) is 28.6 Å². The van der Waals surface area contributed by atoms with Gasteiger partial charge in [-0.15, -0.1) is 0 Å². The highest BCUT2D eigenvalue weighted by molar-refractivity contribution is 5.83. The van der Waals surface area contributed by atoms with Gasteiger partial charge in [0.2, 0.25) is 11.2 Å². The summed E-state index contributed by atoms with van der Waals surface area (Å²) in [5.41, 5.74) is 11.6. The molecule has 4 N–H and O–H groups in total. The molecule has 0 aliphatic rings. The van der Waals surface area contributed by atoms with E-state index < -0.39 is 17.2 Å². The lowest BCUT2D eigenvalue weighted by molar-refractivity contribution is -0.137. The molecule has 1 heterocycles. The second kappa shape index (κ2) is 9.27. The van der Waals surface area contributed by atoms with Crippen molar-refractivity contribution in [1.29, 1.82) is 0 Å². The molecule has 0 bridgehead atoms. The first-order chi connectivity index (χ1) is 17.7. The number of nitrogens with two attached hydrogens (primary N) is 2. The van der Waals surface area contributed by atoms with Crippen LogP contribution in [-0.2, 0) is 6.18 Å². The topological polar surface area (TPSA) is 101 Å². The van der Waals surface area contributed by atoms with E-state index in [4.69, 9.17) is 25.4 Å². The molecule has 5 aromatic rings. The SMILES string of the molecule is Nc1ccc(Oc2ccc3oc(-c4ccc(C(F)(F)F)cc4)c(Oc4ccc(N)cc4)c(=O)c3c2)cc1. The molecule has 0 saturated carbocycles. The Morgan fingerprint density at radius 3 is 1.78 bits per heavy atom. The summed E-state index contributed by atoms with van der Waals surface area (Å²) >= 11 is 0. The maximum absolute atomic E-state index is 13.6. The fraction of sp³-hybridized carbons (Fsp3) is 0.0357. The van der Waals surface area contributed by atoms with Gasteiger partial charge in [0.25, 0.3) is 0 Å². The van der Waals surface area contributed by atoms with Gasteiger partial charge in [0.05, 0.1) is 10.9 Å². The molecule has 9 heteroatoms. The van der Waals surface area contributed by atoms with Gasteiger partial charge in [0.15, 0.2) is 5.76 Å². The summed E-state index contributed by atoms with van der Waals surface area (Å²) in [4.78, 5) is 13.6. The van der Waals surface area contributed by atoms with Crippen LogP contribution in [-0.4, -0.2) is 0 Å². The van der Waals surface area contributed by atoms with Crippen molar-refractivity contribution in [1.82, 2.24) is 0 Å². The zero-order chi connectivity index (χ0) is 26.2.